The van der Waals surface area contributed by atoms with Gasteiger partial charge in [0.05, 0.1) is 13.1 Å². The van der Waals surface area contributed by atoms with E-state index in [2.05, 4.69) is 16.0 Å². The van der Waals surface area contributed by atoms with Crippen LogP contribution in [0.25, 0.3) is 0 Å². The van der Waals surface area contributed by atoms with Crippen LogP contribution in [0, 0.1) is 13.8 Å². The molecule has 3 N–H and O–H groups in total. The number of aryl methyl sites for hydroxylation is 2. The zero-order chi connectivity index (χ0) is 19.8. The minimum absolute atomic E-state index is 0.0295. The quantitative estimate of drug-likeness (QED) is 0.713. The van der Waals surface area contributed by atoms with Crippen molar-refractivity contribution in [2.24, 2.45) is 0 Å². The Balaban J connectivity index is 1.73. The Bertz CT molecular complexity index is 664. The van der Waals surface area contributed by atoms with Gasteiger partial charge in [-0.25, -0.2) is 4.79 Å². The molecule has 27 heavy (non-hydrogen) atoms. The maximum Gasteiger partial charge on any atom is 0.321 e. The van der Waals surface area contributed by atoms with Crippen molar-refractivity contribution in [2.75, 3.05) is 25.5 Å². The molecule has 1 aliphatic rings. The van der Waals surface area contributed by atoms with E-state index >= 15 is 0 Å². The van der Waals surface area contributed by atoms with Crippen LogP contribution in [0.1, 0.15) is 43.2 Å². The number of anilines is 1. The smallest absolute Gasteiger partial charge is 0.321 e. The second-order valence-electron chi connectivity index (χ2n) is 7.34. The molecule has 0 saturated heterocycles. The molecule has 148 valence electrons. The molecule has 4 amide bonds. The number of nitrogens with one attached hydrogen (secondary N) is 3. The summed E-state index contributed by atoms with van der Waals surface area (Å²) in [7, 11) is 1.67. The number of imide groups is 1. The van der Waals surface area contributed by atoms with E-state index in [1.165, 1.54) is 6.42 Å². The number of hydrogen-bond donors (Lipinski definition) is 3. The van der Waals surface area contributed by atoms with E-state index in [0.717, 1.165) is 42.5 Å². The molecule has 1 aliphatic carbocycles. The van der Waals surface area contributed by atoms with Crippen LogP contribution in [0.4, 0.5) is 10.5 Å². The van der Waals surface area contributed by atoms with Crippen molar-refractivity contribution in [1.29, 1.82) is 0 Å². The minimum atomic E-state index is -0.458. The van der Waals surface area contributed by atoms with Gasteiger partial charge in [0.15, 0.2) is 0 Å². The topological polar surface area (TPSA) is 90.5 Å². The maximum atomic E-state index is 12.2. The first-order valence-corrected chi connectivity index (χ1v) is 9.50. The Labute approximate surface area is 160 Å². The molecular weight excluding hydrogens is 344 g/mol. The van der Waals surface area contributed by atoms with Gasteiger partial charge in [-0.05, 0) is 44.9 Å². The number of carbonyl (C=O) groups excluding carboxylic acids is 3. The standard InChI is InChI=1S/C20H30N4O3/c1-14-8-7-9-15(2)19(14)22-17(25)12-24(3)13-18(26)23-20(27)21-16-10-5-4-6-11-16/h7-9,16H,4-6,10-13H2,1-3H3,(H,22,25)(H2,21,23,26,27). The number of benzene rings is 1. The number of hydrogen-bond acceptors (Lipinski definition) is 4. The second-order valence-corrected chi connectivity index (χ2v) is 7.34. The Morgan fingerprint density at radius 1 is 1.00 bits per heavy atom. The molecule has 2 rings (SSSR count). The van der Waals surface area contributed by atoms with Crippen LogP contribution in [-0.2, 0) is 9.59 Å². The zero-order valence-corrected chi connectivity index (χ0v) is 16.4. The first-order chi connectivity index (χ1) is 12.8. The van der Waals surface area contributed by atoms with Gasteiger partial charge in [-0.2, -0.15) is 0 Å². The van der Waals surface area contributed by atoms with Crippen LogP contribution < -0.4 is 16.0 Å². The minimum Gasteiger partial charge on any atom is -0.335 e. The largest absolute Gasteiger partial charge is 0.335 e. The van der Waals surface area contributed by atoms with Crippen LogP contribution in [-0.4, -0.2) is 48.9 Å². The van der Waals surface area contributed by atoms with E-state index in [4.69, 9.17) is 0 Å². The van der Waals surface area contributed by atoms with Crippen LogP contribution in [0.5, 0.6) is 0 Å². The average Bonchev–Trinajstić information content (AvgIpc) is 2.58. The van der Waals surface area contributed by atoms with Crippen molar-refractivity contribution < 1.29 is 14.4 Å². The highest BCUT2D eigenvalue weighted by Crippen LogP contribution is 2.19. The summed E-state index contributed by atoms with van der Waals surface area (Å²) < 4.78 is 0. The number of rotatable bonds is 6. The lowest BCUT2D eigenvalue weighted by atomic mass is 9.96. The molecule has 7 nitrogen and oxygen atoms in total. The molecule has 0 aliphatic heterocycles. The average molecular weight is 374 g/mol. The molecule has 0 radical (unpaired) electrons. The van der Waals surface area contributed by atoms with Crippen molar-refractivity contribution in [2.45, 2.75) is 52.0 Å². The fraction of sp³-hybridized carbons (Fsp3) is 0.550. The Morgan fingerprint density at radius 2 is 1.59 bits per heavy atom. The summed E-state index contributed by atoms with van der Waals surface area (Å²) in [5.41, 5.74) is 2.78. The van der Waals surface area contributed by atoms with Gasteiger partial charge in [0.25, 0.3) is 0 Å². The fourth-order valence-corrected chi connectivity index (χ4v) is 3.37. The number of nitrogens with zero attached hydrogens (tertiary/aromatic N) is 1. The van der Waals surface area contributed by atoms with E-state index in [9.17, 15) is 14.4 Å². The molecule has 0 aromatic heterocycles. The lowest BCUT2D eigenvalue weighted by Crippen LogP contribution is -2.48. The summed E-state index contributed by atoms with van der Waals surface area (Å²) >= 11 is 0. The molecule has 0 unspecified atom stereocenters. The molecular formula is C20H30N4O3. The number of para-hydroxylation sites is 1. The summed E-state index contributed by atoms with van der Waals surface area (Å²) in [5.74, 6) is -0.625. The van der Waals surface area contributed by atoms with Crippen molar-refractivity contribution in [3.8, 4) is 0 Å². The fourth-order valence-electron chi connectivity index (χ4n) is 3.37. The SMILES string of the molecule is Cc1cccc(C)c1NC(=O)CN(C)CC(=O)NC(=O)NC1CCCCC1. The normalized spacial score (nSPS) is 14.7. The molecule has 0 atom stereocenters. The summed E-state index contributed by atoms with van der Waals surface area (Å²) in [4.78, 5) is 37.7. The Morgan fingerprint density at radius 3 is 2.22 bits per heavy atom. The number of carbonyl (C=O) groups is 3. The third kappa shape index (κ3) is 7.02. The van der Waals surface area contributed by atoms with E-state index in [0.29, 0.717) is 0 Å². The van der Waals surface area contributed by atoms with E-state index in [1.54, 1.807) is 11.9 Å². The van der Waals surface area contributed by atoms with Gasteiger partial charge in [-0.1, -0.05) is 37.5 Å². The second kappa shape index (κ2) is 10.1. The number of urea groups is 1. The van der Waals surface area contributed by atoms with Crippen molar-refractivity contribution in [3.05, 3.63) is 29.3 Å². The highest BCUT2D eigenvalue weighted by Gasteiger charge is 2.18. The van der Waals surface area contributed by atoms with Gasteiger partial charge < -0.3 is 10.6 Å². The van der Waals surface area contributed by atoms with Crippen LogP contribution in [0.15, 0.2) is 18.2 Å². The molecule has 1 aromatic rings. The van der Waals surface area contributed by atoms with Gasteiger partial charge in [0.1, 0.15) is 0 Å². The van der Waals surface area contributed by atoms with Crippen LogP contribution in [0.2, 0.25) is 0 Å². The zero-order valence-electron chi connectivity index (χ0n) is 16.4. The summed E-state index contributed by atoms with van der Waals surface area (Å²) in [6, 6.07) is 5.50. The molecule has 7 heteroatoms. The van der Waals surface area contributed by atoms with Crippen LogP contribution >= 0.6 is 0 Å². The van der Waals surface area contributed by atoms with E-state index in [1.807, 2.05) is 32.0 Å². The Kier molecular flexibility index (Phi) is 7.79. The monoisotopic (exact) mass is 374 g/mol. The highest BCUT2D eigenvalue weighted by atomic mass is 16.2. The maximum absolute atomic E-state index is 12.2. The molecule has 0 spiro atoms. The molecule has 0 heterocycles. The number of likely N-dealkylation sites (N-methyl/N-ethyl adjacent to an activating group) is 1. The molecule has 0 bridgehead atoms. The summed E-state index contributed by atoms with van der Waals surface area (Å²) in [5, 5.41) is 8.06. The van der Waals surface area contributed by atoms with Gasteiger partial charge in [-0.15, -0.1) is 0 Å². The third-order valence-electron chi connectivity index (χ3n) is 4.77. The van der Waals surface area contributed by atoms with Crippen molar-refractivity contribution >= 4 is 23.5 Å². The summed E-state index contributed by atoms with van der Waals surface area (Å²) in [6.45, 7) is 3.90. The predicted molar refractivity (Wildman–Crippen MR) is 106 cm³/mol. The highest BCUT2D eigenvalue weighted by molar-refractivity contribution is 5.96. The van der Waals surface area contributed by atoms with E-state index < -0.39 is 11.9 Å². The molecule has 1 aromatic carbocycles. The third-order valence-corrected chi connectivity index (χ3v) is 4.77. The summed E-state index contributed by atoms with van der Waals surface area (Å²) in [6.07, 6.45) is 5.34. The van der Waals surface area contributed by atoms with Crippen molar-refractivity contribution in [1.82, 2.24) is 15.5 Å². The lowest BCUT2D eigenvalue weighted by Gasteiger charge is -2.23. The predicted octanol–water partition coefficient (Wildman–Crippen LogP) is 2.33. The van der Waals surface area contributed by atoms with E-state index in [-0.39, 0.29) is 25.0 Å². The van der Waals surface area contributed by atoms with Crippen molar-refractivity contribution in [3.63, 3.8) is 0 Å². The first kappa shape index (κ1) is 20.9. The molecule has 1 saturated carbocycles. The Hall–Kier alpha value is -2.41. The van der Waals surface area contributed by atoms with Gasteiger partial charge in [0.2, 0.25) is 11.8 Å². The number of amides is 4. The molecule has 1 fully saturated rings. The van der Waals surface area contributed by atoms with Gasteiger partial charge in [-0.3, -0.25) is 19.8 Å². The van der Waals surface area contributed by atoms with Gasteiger partial charge >= 0.3 is 6.03 Å². The first-order valence-electron chi connectivity index (χ1n) is 9.50. The lowest BCUT2D eigenvalue weighted by molar-refractivity contribution is -0.122. The van der Waals surface area contributed by atoms with Gasteiger partial charge in [0, 0.05) is 11.7 Å². The van der Waals surface area contributed by atoms with Crippen LogP contribution in [0.3, 0.4) is 0 Å².